The first-order chi connectivity index (χ1) is 16.3. The summed E-state index contributed by atoms with van der Waals surface area (Å²) in [7, 11) is 1.58. The number of benzene rings is 2. The van der Waals surface area contributed by atoms with Crippen LogP contribution in [0, 0.1) is 12.8 Å². The van der Waals surface area contributed by atoms with Crippen LogP contribution < -0.4 is 14.4 Å². The lowest BCUT2D eigenvalue weighted by Crippen LogP contribution is -2.53. The number of rotatable bonds is 3. The van der Waals surface area contributed by atoms with E-state index in [0.29, 0.717) is 60.2 Å². The maximum absolute atomic E-state index is 13.3. The van der Waals surface area contributed by atoms with Crippen LogP contribution in [0.5, 0.6) is 11.5 Å². The van der Waals surface area contributed by atoms with Gasteiger partial charge in [-0.25, -0.2) is 0 Å². The van der Waals surface area contributed by atoms with E-state index in [9.17, 15) is 14.4 Å². The van der Waals surface area contributed by atoms with Crippen LogP contribution in [0.15, 0.2) is 36.4 Å². The lowest BCUT2D eigenvalue weighted by atomic mass is 9.82. The molecule has 2 amide bonds. The quantitative estimate of drug-likeness (QED) is 0.660. The van der Waals surface area contributed by atoms with Gasteiger partial charge in [-0.2, -0.15) is 0 Å². The van der Waals surface area contributed by atoms with Gasteiger partial charge in [-0.05, 0) is 42.8 Å². The number of amides is 2. The highest BCUT2D eigenvalue weighted by Gasteiger charge is 2.45. The number of aryl methyl sites for hydroxylation is 1. The Hall–Kier alpha value is -3.06. The van der Waals surface area contributed by atoms with E-state index in [4.69, 9.17) is 21.1 Å². The van der Waals surface area contributed by atoms with E-state index in [-0.39, 0.29) is 30.4 Å². The van der Waals surface area contributed by atoms with Crippen molar-refractivity contribution in [3.05, 3.63) is 52.5 Å². The molecule has 2 aromatic rings. The van der Waals surface area contributed by atoms with E-state index in [1.807, 2.05) is 30.0 Å². The number of ether oxygens (including phenoxy) is 2. The summed E-state index contributed by atoms with van der Waals surface area (Å²) in [5, 5.41) is 0.510. The number of nitrogens with zero attached hydrogens (tertiary/aromatic N) is 2. The van der Waals surface area contributed by atoms with Gasteiger partial charge in [0.15, 0.2) is 5.78 Å². The average molecular weight is 483 g/mol. The molecule has 7 nitrogen and oxygen atoms in total. The summed E-state index contributed by atoms with van der Waals surface area (Å²) >= 11 is 6.03. The predicted octanol–water partition coefficient (Wildman–Crippen LogP) is 4.04. The third kappa shape index (κ3) is 4.02. The Morgan fingerprint density at radius 3 is 2.65 bits per heavy atom. The van der Waals surface area contributed by atoms with Crippen molar-refractivity contribution in [2.24, 2.45) is 5.92 Å². The second-order valence-electron chi connectivity index (χ2n) is 9.43. The summed E-state index contributed by atoms with van der Waals surface area (Å²) in [6.45, 7) is 3.28. The number of anilines is 1. The molecule has 1 unspecified atom stereocenters. The summed E-state index contributed by atoms with van der Waals surface area (Å²) in [4.78, 5) is 42.3. The maximum Gasteiger partial charge on any atom is 0.228 e. The van der Waals surface area contributed by atoms with Gasteiger partial charge in [0, 0.05) is 43.9 Å². The number of ketones is 1. The largest absolute Gasteiger partial charge is 0.495 e. The monoisotopic (exact) mass is 482 g/mol. The summed E-state index contributed by atoms with van der Waals surface area (Å²) in [5.41, 5.74) is 1.65. The zero-order chi connectivity index (χ0) is 24.0. The van der Waals surface area contributed by atoms with Crippen molar-refractivity contribution in [1.29, 1.82) is 0 Å². The number of methoxy groups -OCH3 is 1. The Kier molecular flexibility index (Phi) is 5.76. The van der Waals surface area contributed by atoms with Crippen molar-refractivity contribution in [3.63, 3.8) is 0 Å². The number of fused-ring (bicyclic) bond motifs is 1. The van der Waals surface area contributed by atoms with Crippen LogP contribution >= 0.6 is 11.6 Å². The first kappa shape index (κ1) is 22.7. The molecule has 0 saturated carbocycles. The van der Waals surface area contributed by atoms with Gasteiger partial charge >= 0.3 is 0 Å². The Balaban J connectivity index is 1.25. The van der Waals surface area contributed by atoms with Crippen molar-refractivity contribution in [2.45, 2.75) is 38.2 Å². The molecule has 8 heteroatoms. The van der Waals surface area contributed by atoms with Crippen LogP contribution in [0.4, 0.5) is 5.69 Å². The molecule has 3 heterocycles. The fraction of sp³-hybridized carbons (Fsp3) is 0.423. The van der Waals surface area contributed by atoms with Crippen LogP contribution in [0.1, 0.15) is 41.6 Å². The van der Waals surface area contributed by atoms with Crippen molar-refractivity contribution < 1.29 is 23.9 Å². The molecule has 5 rings (SSSR count). The predicted molar refractivity (Wildman–Crippen MR) is 128 cm³/mol. The summed E-state index contributed by atoms with van der Waals surface area (Å²) in [6.07, 6.45) is 1.61. The Morgan fingerprint density at radius 1 is 1.15 bits per heavy atom. The van der Waals surface area contributed by atoms with Gasteiger partial charge in [0.2, 0.25) is 11.8 Å². The fourth-order valence-corrected chi connectivity index (χ4v) is 5.43. The average Bonchev–Trinajstić information content (AvgIpc) is 3.21. The van der Waals surface area contributed by atoms with E-state index in [1.165, 1.54) is 0 Å². The Morgan fingerprint density at radius 2 is 1.91 bits per heavy atom. The molecule has 0 bridgehead atoms. The molecule has 2 fully saturated rings. The second kappa shape index (κ2) is 8.62. The molecule has 3 aliphatic rings. The summed E-state index contributed by atoms with van der Waals surface area (Å²) < 4.78 is 11.7. The molecule has 3 aliphatic heterocycles. The van der Waals surface area contributed by atoms with Gasteiger partial charge in [-0.15, -0.1) is 0 Å². The lowest BCUT2D eigenvalue weighted by Gasteiger charge is -2.44. The fourth-order valence-electron chi connectivity index (χ4n) is 5.25. The minimum Gasteiger partial charge on any atom is -0.495 e. The minimum atomic E-state index is -0.596. The second-order valence-corrected chi connectivity index (χ2v) is 9.87. The number of Topliss-reactive ketones (excluding diaryl/α,β-unsaturated/α-hetero) is 1. The number of carbonyl (C=O) groups excluding carboxylic acids is 3. The number of carbonyl (C=O) groups is 3. The smallest absolute Gasteiger partial charge is 0.228 e. The van der Waals surface area contributed by atoms with E-state index < -0.39 is 11.5 Å². The Labute approximate surface area is 203 Å². The van der Waals surface area contributed by atoms with E-state index in [0.717, 1.165) is 5.56 Å². The van der Waals surface area contributed by atoms with E-state index in [2.05, 4.69) is 0 Å². The third-order valence-electron chi connectivity index (χ3n) is 7.14. The molecule has 178 valence electrons. The highest BCUT2D eigenvalue weighted by molar-refractivity contribution is 6.31. The zero-order valence-corrected chi connectivity index (χ0v) is 20.1. The molecular formula is C26H27ClN2O5. The minimum absolute atomic E-state index is 0.0210. The van der Waals surface area contributed by atoms with Crippen LogP contribution in [0.2, 0.25) is 5.02 Å². The first-order valence-electron chi connectivity index (χ1n) is 11.5. The summed E-state index contributed by atoms with van der Waals surface area (Å²) in [6, 6.07) is 10.8. The van der Waals surface area contributed by atoms with Crippen molar-refractivity contribution in [2.75, 3.05) is 31.6 Å². The van der Waals surface area contributed by atoms with Gasteiger partial charge in [0.1, 0.15) is 17.1 Å². The van der Waals surface area contributed by atoms with Crippen molar-refractivity contribution in [1.82, 2.24) is 4.90 Å². The SMILES string of the molecule is COc1ccc(C)cc1N1CC(C(=O)N2CCC3(CC2)CC(=O)c2cc(Cl)ccc2O3)CC1=O. The molecule has 1 spiro atoms. The summed E-state index contributed by atoms with van der Waals surface area (Å²) in [5.74, 6) is 0.701. The third-order valence-corrected chi connectivity index (χ3v) is 7.37. The van der Waals surface area contributed by atoms with Gasteiger partial charge in [0.05, 0.1) is 30.7 Å². The number of piperidine rings is 1. The van der Waals surface area contributed by atoms with Crippen LogP contribution in [0.25, 0.3) is 0 Å². The zero-order valence-electron chi connectivity index (χ0n) is 19.3. The lowest BCUT2D eigenvalue weighted by molar-refractivity contribution is -0.139. The molecule has 0 aromatic heterocycles. The number of likely N-dealkylation sites (tertiary alicyclic amines) is 1. The number of hydrogen-bond acceptors (Lipinski definition) is 5. The molecule has 0 radical (unpaired) electrons. The number of halogens is 1. The van der Waals surface area contributed by atoms with E-state index in [1.54, 1.807) is 30.2 Å². The van der Waals surface area contributed by atoms with Crippen molar-refractivity contribution in [3.8, 4) is 11.5 Å². The van der Waals surface area contributed by atoms with E-state index >= 15 is 0 Å². The molecule has 1 atom stereocenters. The topological polar surface area (TPSA) is 76.2 Å². The normalized spacial score (nSPS) is 21.4. The van der Waals surface area contributed by atoms with Gasteiger partial charge in [-0.1, -0.05) is 17.7 Å². The van der Waals surface area contributed by atoms with Crippen LogP contribution in [0.3, 0.4) is 0 Å². The maximum atomic E-state index is 13.3. The highest BCUT2D eigenvalue weighted by Crippen LogP contribution is 2.41. The molecule has 0 N–H and O–H groups in total. The van der Waals surface area contributed by atoms with Gasteiger partial charge < -0.3 is 19.3 Å². The van der Waals surface area contributed by atoms with Crippen LogP contribution in [-0.4, -0.2) is 54.8 Å². The molecule has 2 saturated heterocycles. The van der Waals surface area contributed by atoms with Crippen LogP contribution in [-0.2, 0) is 9.59 Å². The Bertz CT molecular complexity index is 1170. The first-order valence-corrected chi connectivity index (χ1v) is 11.9. The number of hydrogen-bond donors (Lipinski definition) is 0. The van der Waals surface area contributed by atoms with Gasteiger partial charge in [0.25, 0.3) is 0 Å². The molecule has 0 aliphatic carbocycles. The standard InChI is InChI=1S/C26H27ClN2O5/c1-16-3-5-23(33-2)20(11-16)29-15-17(12-24(29)31)25(32)28-9-7-26(8-10-28)14-21(30)19-13-18(27)4-6-22(19)34-26/h3-6,11,13,17H,7-10,12,14-15H2,1-2H3. The highest BCUT2D eigenvalue weighted by atomic mass is 35.5. The molecular weight excluding hydrogens is 456 g/mol. The van der Waals surface area contributed by atoms with Gasteiger partial charge in [-0.3, -0.25) is 14.4 Å². The molecule has 2 aromatic carbocycles. The molecule has 34 heavy (non-hydrogen) atoms. The van der Waals surface area contributed by atoms with Crippen molar-refractivity contribution >= 4 is 34.9 Å².